The summed E-state index contributed by atoms with van der Waals surface area (Å²) in [6.45, 7) is 0.227. The van der Waals surface area contributed by atoms with Crippen LogP contribution in [-0.2, 0) is 6.54 Å². The smallest absolute Gasteiger partial charge is 0.353 e. The Morgan fingerprint density at radius 1 is 0.968 bits per heavy atom. The monoisotopic (exact) mass is 477 g/mol. The van der Waals surface area contributed by atoms with Gasteiger partial charge in [0.25, 0.3) is 5.56 Å². The van der Waals surface area contributed by atoms with E-state index in [0.717, 1.165) is 15.6 Å². The maximum Gasteiger partial charge on any atom is 0.353 e. The number of aromatic carboxylic acids is 1. The first-order chi connectivity index (χ1) is 15.0. The van der Waals surface area contributed by atoms with E-state index in [2.05, 4.69) is 15.9 Å². The second-order valence-electron chi connectivity index (χ2n) is 7.16. The van der Waals surface area contributed by atoms with E-state index in [-0.39, 0.29) is 24.6 Å². The van der Waals surface area contributed by atoms with Gasteiger partial charge < -0.3 is 14.6 Å². The molecule has 0 fully saturated rings. The largest absolute Gasteiger partial charge is 0.477 e. The first-order valence-corrected chi connectivity index (χ1v) is 10.4. The fourth-order valence-corrected chi connectivity index (χ4v) is 4.27. The molecule has 7 heteroatoms. The van der Waals surface area contributed by atoms with E-state index in [4.69, 9.17) is 9.47 Å². The second-order valence-corrected chi connectivity index (χ2v) is 8.08. The van der Waals surface area contributed by atoms with Gasteiger partial charge in [-0.2, -0.15) is 0 Å². The molecule has 4 aromatic rings. The van der Waals surface area contributed by atoms with Crippen LogP contribution in [0.5, 0.6) is 11.5 Å². The average Bonchev–Trinajstić information content (AvgIpc) is 3.23. The summed E-state index contributed by atoms with van der Waals surface area (Å²) in [4.78, 5) is 25.9. The molecule has 1 aromatic heterocycles. The number of hydrogen-bond acceptors (Lipinski definition) is 4. The molecule has 1 N–H and O–H groups in total. The van der Waals surface area contributed by atoms with Crippen LogP contribution in [0, 0.1) is 0 Å². The van der Waals surface area contributed by atoms with Gasteiger partial charge >= 0.3 is 5.97 Å². The molecule has 0 saturated heterocycles. The zero-order chi connectivity index (χ0) is 21.5. The predicted molar refractivity (Wildman–Crippen MR) is 120 cm³/mol. The van der Waals surface area contributed by atoms with E-state index in [1.54, 1.807) is 36.4 Å². The third-order valence-electron chi connectivity index (χ3n) is 5.28. The summed E-state index contributed by atoms with van der Waals surface area (Å²) in [5, 5.41) is 11.2. The van der Waals surface area contributed by atoms with Crippen LogP contribution in [0.1, 0.15) is 16.1 Å². The molecule has 0 saturated carbocycles. The average molecular weight is 478 g/mol. The minimum absolute atomic E-state index is 0.0560. The van der Waals surface area contributed by atoms with Gasteiger partial charge in [0.05, 0.1) is 6.54 Å². The molecular weight excluding hydrogens is 462 g/mol. The van der Waals surface area contributed by atoms with Gasteiger partial charge in [-0.05, 0) is 46.8 Å². The molecule has 0 radical (unpaired) electrons. The van der Waals surface area contributed by atoms with Crippen LogP contribution in [-0.4, -0.2) is 22.4 Å². The van der Waals surface area contributed by atoms with Gasteiger partial charge in [0.2, 0.25) is 6.79 Å². The van der Waals surface area contributed by atoms with Crippen LogP contribution < -0.4 is 15.0 Å². The molecule has 0 unspecified atom stereocenters. The number of nitrogens with zero attached hydrogens (tertiary/aromatic N) is 1. The number of benzene rings is 3. The highest BCUT2D eigenvalue weighted by Gasteiger charge is 2.24. The Kier molecular flexibility index (Phi) is 4.75. The summed E-state index contributed by atoms with van der Waals surface area (Å²) in [5.41, 5.74) is 1.55. The normalized spacial score (nSPS) is 12.3. The first-order valence-electron chi connectivity index (χ1n) is 9.56. The Bertz CT molecular complexity index is 1400. The zero-order valence-corrected chi connectivity index (χ0v) is 17.8. The minimum Gasteiger partial charge on any atom is -0.477 e. The number of fused-ring (bicyclic) bond motifs is 2. The van der Waals surface area contributed by atoms with E-state index in [1.165, 1.54) is 4.57 Å². The molecule has 1 aliphatic heterocycles. The number of ether oxygens (including phenoxy) is 2. The summed E-state index contributed by atoms with van der Waals surface area (Å²) in [6.07, 6.45) is 0. The van der Waals surface area contributed by atoms with Gasteiger partial charge in [-0.15, -0.1) is 0 Å². The fraction of sp³-hybridized carbons (Fsp3) is 0.0833. The van der Waals surface area contributed by atoms with Crippen LogP contribution in [0.25, 0.3) is 21.9 Å². The topological polar surface area (TPSA) is 77.8 Å². The lowest BCUT2D eigenvalue weighted by atomic mass is 9.96. The van der Waals surface area contributed by atoms with Crippen molar-refractivity contribution < 1.29 is 19.4 Å². The van der Waals surface area contributed by atoms with Gasteiger partial charge in [0.1, 0.15) is 5.69 Å². The Balaban J connectivity index is 1.81. The van der Waals surface area contributed by atoms with Gasteiger partial charge in [-0.25, -0.2) is 4.79 Å². The molecule has 3 aromatic carbocycles. The van der Waals surface area contributed by atoms with Crippen LogP contribution in [0.3, 0.4) is 0 Å². The van der Waals surface area contributed by atoms with Crippen molar-refractivity contribution in [1.29, 1.82) is 0 Å². The summed E-state index contributed by atoms with van der Waals surface area (Å²) < 4.78 is 12.9. The van der Waals surface area contributed by atoms with E-state index in [1.807, 2.05) is 30.3 Å². The maximum absolute atomic E-state index is 13.4. The number of halogens is 1. The number of pyridine rings is 1. The van der Waals surface area contributed by atoms with Crippen LogP contribution in [0.2, 0.25) is 0 Å². The number of carboxylic acid groups (broad SMARTS) is 1. The van der Waals surface area contributed by atoms with Crippen molar-refractivity contribution >= 4 is 32.7 Å². The third kappa shape index (κ3) is 3.37. The Labute approximate surface area is 185 Å². The highest BCUT2D eigenvalue weighted by atomic mass is 79.9. The molecule has 31 heavy (non-hydrogen) atoms. The van der Waals surface area contributed by atoms with E-state index in [0.29, 0.717) is 27.8 Å². The highest BCUT2D eigenvalue weighted by molar-refractivity contribution is 9.10. The number of carbonyl (C=O) groups is 1. The van der Waals surface area contributed by atoms with Crippen LogP contribution in [0.15, 0.2) is 76.0 Å². The minimum atomic E-state index is -1.17. The van der Waals surface area contributed by atoms with Crippen molar-refractivity contribution in [2.45, 2.75) is 6.54 Å². The Morgan fingerprint density at radius 3 is 2.52 bits per heavy atom. The lowest BCUT2D eigenvalue weighted by Gasteiger charge is -2.18. The lowest BCUT2D eigenvalue weighted by Crippen LogP contribution is -2.28. The second kappa shape index (κ2) is 7.59. The fourth-order valence-electron chi connectivity index (χ4n) is 3.91. The van der Waals surface area contributed by atoms with Crippen molar-refractivity contribution in [2.24, 2.45) is 0 Å². The molecule has 6 nitrogen and oxygen atoms in total. The summed E-state index contributed by atoms with van der Waals surface area (Å²) in [6, 6.07) is 19.9. The number of carboxylic acids is 1. The molecular formula is C24H16BrNO5. The molecule has 0 bridgehead atoms. The van der Waals surface area contributed by atoms with Gasteiger partial charge in [-0.1, -0.05) is 52.3 Å². The maximum atomic E-state index is 13.4. The SMILES string of the molecule is O=C(O)c1c(-c2ccccc2)c2cc(Br)ccc2c(=O)n1Cc1ccc2c(c1)OCO2. The standard InChI is InChI=1S/C24H16BrNO5/c25-16-7-8-17-18(11-16)21(15-4-2-1-3-5-15)22(24(28)29)26(23(17)27)12-14-6-9-19-20(10-14)31-13-30-19/h1-11H,12-13H2,(H,28,29). The van der Waals surface area contributed by atoms with Crippen molar-refractivity contribution in [3.05, 3.63) is 92.8 Å². The molecule has 0 aliphatic carbocycles. The van der Waals surface area contributed by atoms with Gasteiger partial charge in [0, 0.05) is 15.4 Å². The number of aromatic nitrogens is 1. The molecule has 2 heterocycles. The first kappa shape index (κ1) is 19.4. The molecule has 0 spiro atoms. The Hall–Kier alpha value is -3.58. The number of rotatable bonds is 4. The summed E-state index contributed by atoms with van der Waals surface area (Å²) in [7, 11) is 0. The van der Waals surface area contributed by atoms with Crippen molar-refractivity contribution in [2.75, 3.05) is 6.79 Å². The quantitative estimate of drug-likeness (QED) is 0.451. The molecule has 1 aliphatic rings. The van der Waals surface area contributed by atoms with Gasteiger partial charge in [-0.3, -0.25) is 9.36 Å². The van der Waals surface area contributed by atoms with Crippen molar-refractivity contribution in [3.8, 4) is 22.6 Å². The van der Waals surface area contributed by atoms with E-state index < -0.39 is 5.97 Å². The van der Waals surface area contributed by atoms with Crippen molar-refractivity contribution in [3.63, 3.8) is 0 Å². The molecule has 0 amide bonds. The third-order valence-corrected chi connectivity index (χ3v) is 5.77. The van der Waals surface area contributed by atoms with E-state index in [9.17, 15) is 14.7 Å². The predicted octanol–water partition coefficient (Wildman–Crippen LogP) is 4.91. The molecule has 154 valence electrons. The summed E-state index contributed by atoms with van der Waals surface area (Å²) >= 11 is 3.44. The van der Waals surface area contributed by atoms with Gasteiger partial charge in [0.15, 0.2) is 11.5 Å². The molecule has 0 atom stereocenters. The lowest BCUT2D eigenvalue weighted by molar-refractivity contribution is 0.0685. The van der Waals surface area contributed by atoms with Crippen LogP contribution in [0.4, 0.5) is 0 Å². The Morgan fingerprint density at radius 2 is 1.74 bits per heavy atom. The van der Waals surface area contributed by atoms with Crippen molar-refractivity contribution in [1.82, 2.24) is 4.57 Å². The highest BCUT2D eigenvalue weighted by Crippen LogP contribution is 2.35. The van der Waals surface area contributed by atoms with Crippen LogP contribution >= 0.6 is 15.9 Å². The zero-order valence-electron chi connectivity index (χ0n) is 16.2. The molecule has 5 rings (SSSR count). The summed E-state index contributed by atoms with van der Waals surface area (Å²) in [5.74, 6) is 0.0388. The number of hydrogen-bond donors (Lipinski definition) is 1. The van der Waals surface area contributed by atoms with E-state index >= 15 is 0 Å².